The maximum absolute atomic E-state index is 15.6. The first kappa shape index (κ1) is 46.6. The third-order valence-electron chi connectivity index (χ3n) is 14.5. The Bertz CT molecular complexity index is 2490. The number of rotatable bonds is 11. The topological polar surface area (TPSA) is 221 Å². The molecule has 3 aromatic rings. The van der Waals surface area contributed by atoms with E-state index in [1.165, 1.54) is 39.8 Å². The summed E-state index contributed by atoms with van der Waals surface area (Å²) >= 11 is 0. The van der Waals surface area contributed by atoms with Crippen molar-refractivity contribution < 1.29 is 76.6 Å². The molecule has 5 aliphatic rings. The third kappa shape index (κ3) is 7.68. The number of carbonyl (C=O) groups is 6. The first-order valence-electron chi connectivity index (χ1n) is 21.8. The molecule has 0 aromatic heterocycles. The first-order valence-corrected chi connectivity index (χ1v) is 21.8. The standard InChI is InChI=1S/C49H51F2NO14/c1-24-32(64-45(60)37(55)36(26-12-8-6-9-13-26)52-42(57)27-14-10-7-11-15-27)22-49(61)41(65-44(59)30-19-18-29(50)20-31(30)51)39-47(5,40(56)38(63-25(2)53)35(24)46(49,3)4)33(54)21-34-48(39,23-62-34)66-43(58)28-16-17-28/h6-15,18-20,28,32-34,36-39,41,54-55,61H,16-17,21-23H2,1-5H3,(H,52,57)/t32-,33-,34+,36-,37+,38+,39?,41?,47+,48-,49+/m0/s1. The highest BCUT2D eigenvalue weighted by molar-refractivity contribution is 5.96. The van der Waals surface area contributed by atoms with E-state index in [9.17, 15) is 43.7 Å². The summed E-state index contributed by atoms with van der Waals surface area (Å²) in [5.74, 6) is -10.6. The van der Waals surface area contributed by atoms with Crippen LogP contribution in [-0.4, -0.2) is 105 Å². The highest BCUT2D eigenvalue weighted by Crippen LogP contribution is 2.64. The summed E-state index contributed by atoms with van der Waals surface area (Å²) in [6.45, 7) is 6.33. The van der Waals surface area contributed by atoms with Crippen LogP contribution in [0.3, 0.4) is 0 Å². The minimum atomic E-state index is -2.59. The molecule has 4 fully saturated rings. The number of Topliss-reactive ketones (excluding diaryl/α,β-unsaturated/α-hetero) is 1. The van der Waals surface area contributed by atoms with E-state index in [2.05, 4.69) is 5.32 Å². The summed E-state index contributed by atoms with van der Waals surface area (Å²) in [7, 11) is 0. The Kier molecular flexibility index (Phi) is 12.1. The van der Waals surface area contributed by atoms with Crippen molar-refractivity contribution in [2.75, 3.05) is 6.61 Å². The smallest absolute Gasteiger partial charge is 0.341 e. The zero-order chi connectivity index (χ0) is 47.7. The molecule has 1 aliphatic heterocycles. The molecule has 2 bridgehead atoms. The van der Waals surface area contributed by atoms with Crippen molar-refractivity contribution in [1.82, 2.24) is 5.32 Å². The molecule has 1 amide bonds. The molecule has 0 radical (unpaired) electrons. The molecule has 2 unspecified atom stereocenters. The van der Waals surface area contributed by atoms with Gasteiger partial charge >= 0.3 is 23.9 Å². The van der Waals surface area contributed by atoms with Gasteiger partial charge in [-0.15, -0.1) is 0 Å². The molecule has 15 nitrogen and oxygen atoms in total. The van der Waals surface area contributed by atoms with Crippen molar-refractivity contribution in [1.29, 1.82) is 0 Å². The maximum Gasteiger partial charge on any atom is 0.341 e. The van der Waals surface area contributed by atoms with E-state index in [4.69, 9.17) is 23.7 Å². The molecule has 8 rings (SSSR count). The molecule has 350 valence electrons. The van der Waals surface area contributed by atoms with Crippen LogP contribution in [0.1, 0.15) is 92.6 Å². The number of esters is 4. The van der Waals surface area contributed by atoms with E-state index in [1.807, 2.05) is 0 Å². The van der Waals surface area contributed by atoms with Gasteiger partial charge in [0.1, 0.15) is 35.5 Å². The Labute approximate surface area is 378 Å². The van der Waals surface area contributed by atoms with Crippen LogP contribution in [0, 0.1) is 34.3 Å². The normalized spacial score (nSPS) is 31.8. The molecule has 4 N–H and O–H groups in total. The van der Waals surface area contributed by atoms with Gasteiger partial charge in [0.15, 0.2) is 23.6 Å². The van der Waals surface area contributed by atoms with E-state index in [1.54, 1.807) is 48.5 Å². The molecular formula is C49H51F2NO14. The van der Waals surface area contributed by atoms with Gasteiger partial charge in [-0.05, 0) is 67.7 Å². The van der Waals surface area contributed by atoms with Gasteiger partial charge in [-0.3, -0.25) is 19.2 Å². The van der Waals surface area contributed by atoms with Gasteiger partial charge in [-0.2, -0.15) is 0 Å². The minimum Gasteiger partial charge on any atom is -0.456 e. The number of ketones is 1. The quantitative estimate of drug-likeness (QED) is 0.119. The Morgan fingerprint density at radius 1 is 0.909 bits per heavy atom. The highest BCUT2D eigenvalue weighted by Gasteiger charge is 2.78. The number of ether oxygens (including phenoxy) is 5. The predicted molar refractivity (Wildman–Crippen MR) is 225 cm³/mol. The molecule has 11 atom stereocenters. The summed E-state index contributed by atoms with van der Waals surface area (Å²) in [5.41, 5.74) is -8.80. The number of halogens is 2. The van der Waals surface area contributed by atoms with Crippen LogP contribution in [0.5, 0.6) is 0 Å². The van der Waals surface area contributed by atoms with Crippen LogP contribution in [0.4, 0.5) is 8.78 Å². The lowest BCUT2D eigenvalue weighted by Crippen LogP contribution is -2.82. The summed E-state index contributed by atoms with van der Waals surface area (Å²) in [5, 5.41) is 40.4. The number of fused-ring (bicyclic) bond motifs is 5. The van der Waals surface area contributed by atoms with Crippen LogP contribution in [0.2, 0.25) is 0 Å². The Balaban J connectivity index is 1.28. The number of aliphatic hydroxyl groups excluding tert-OH is 2. The number of carbonyl (C=O) groups excluding carboxylic acids is 6. The third-order valence-corrected chi connectivity index (χ3v) is 14.5. The molecule has 3 aromatic carbocycles. The fourth-order valence-corrected chi connectivity index (χ4v) is 10.6. The number of hydrogen-bond donors (Lipinski definition) is 4. The first-order chi connectivity index (χ1) is 31.1. The summed E-state index contributed by atoms with van der Waals surface area (Å²) in [6.07, 6.45) is -10.5. The molecule has 4 aliphatic carbocycles. The van der Waals surface area contributed by atoms with Crippen molar-refractivity contribution in [3.05, 3.63) is 118 Å². The molecule has 17 heteroatoms. The lowest BCUT2D eigenvalue weighted by molar-refractivity contribution is -0.346. The number of aliphatic hydroxyl groups is 3. The van der Waals surface area contributed by atoms with E-state index in [0.29, 0.717) is 24.5 Å². The fraction of sp³-hybridized carbons (Fsp3) is 0.469. The molecule has 66 heavy (non-hydrogen) atoms. The van der Waals surface area contributed by atoms with E-state index < -0.39 is 142 Å². The van der Waals surface area contributed by atoms with Gasteiger partial charge in [-0.25, -0.2) is 18.4 Å². The number of nitrogens with one attached hydrogen (secondary N) is 1. The molecule has 3 saturated carbocycles. The highest BCUT2D eigenvalue weighted by atomic mass is 19.1. The van der Waals surface area contributed by atoms with Gasteiger partial charge in [0.05, 0.1) is 41.6 Å². The molecule has 0 spiro atoms. The van der Waals surface area contributed by atoms with Gasteiger partial charge < -0.3 is 44.3 Å². The fourth-order valence-electron chi connectivity index (χ4n) is 10.6. The largest absolute Gasteiger partial charge is 0.456 e. The van der Waals surface area contributed by atoms with Crippen molar-refractivity contribution >= 4 is 35.6 Å². The molecular weight excluding hydrogens is 865 g/mol. The Morgan fingerprint density at radius 2 is 1.56 bits per heavy atom. The monoisotopic (exact) mass is 915 g/mol. The van der Waals surface area contributed by atoms with Crippen LogP contribution in [0.25, 0.3) is 0 Å². The summed E-state index contributed by atoms with van der Waals surface area (Å²) in [4.78, 5) is 84.6. The van der Waals surface area contributed by atoms with Gasteiger partial charge in [0.25, 0.3) is 5.91 Å². The van der Waals surface area contributed by atoms with Crippen molar-refractivity contribution in [3.63, 3.8) is 0 Å². The number of hydrogen-bond acceptors (Lipinski definition) is 14. The van der Waals surface area contributed by atoms with Gasteiger partial charge in [0, 0.05) is 36.8 Å². The van der Waals surface area contributed by atoms with Crippen molar-refractivity contribution in [2.24, 2.45) is 22.7 Å². The van der Waals surface area contributed by atoms with Crippen molar-refractivity contribution in [2.45, 2.75) is 114 Å². The predicted octanol–water partition coefficient (Wildman–Crippen LogP) is 4.40. The lowest BCUT2D eigenvalue weighted by Gasteiger charge is -2.67. The van der Waals surface area contributed by atoms with Crippen LogP contribution < -0.4 is 5.32 Å². The Hall–Kier alpha value is -5.88. The number of benzene rings is 3. The SMILES string of the molecule is CC(=O)O[C@H]1C(=O)[C@@]2(C)C(C(OC(=O)c3ccc(F)cc3F)[C@]3(O)C[C@H](OC(=O)[C@H](O)[C@@H](NC(=O)c4ccccc4)c4ccccc4)C(C)=C1C3(C)C)[C@]1(OC(=O)C3CC3)CO[C@@H]1C[C@@H]2O. The van der Waals surface area contributed by atoms with Gasteiger partial charge in [0.2, 0.25) is 0 Å². The zero-order valence-electron chi connectivity index (χ0n) is 36.8. The van der Waals surface area contributed by atoms with E-state index in [-0.39, 0.29) is 23.1 Å². The number of amides is 1. The second-order valence-corrected chi connectivity index (χ2v) is 18.7. The molecule has 1 heterocycles. The zero-order valence-corrected chi connectivity index (χ0v) is 36.8. The van der Waals surface area contributed by atoms with Gasteiger partial charge in [-0.1, -0.05) is 62.4 Å². The molecule has 1 saturated heterocycles. The Morgan fingerprint density at radius 3 is 2.15 bits per heavy atom. The second-order valence-electron chi connectivity index (χ2n) is 18.7. The summed E-state index contributed by atoms with van der Waals surface area (Å²) < 4.78 is 60.0. The maximum atomic E-state index is 15.6. The van der Waals surface area contributed by atoms with E-state index in [0.717, 1.165) is 19.1 Å². The van der Waals surface area contributed by atoms with Crippen LogP contribution >= 0.6 is 0 Å². The lowest BCUT2D eigenvalue weighted by atomic mass is 9.44. The van der Waals surface area contributed by atoms with Crippen LogP contribution in [-0.2, 0) is 42.9 Å². The average Bonchev–Trinajstić information content (AvgIpc) is 4.13. The minimum absolute atomic E-state index is 0.0798. The van der Waals surface area contributed by atoms with Crippen molar-refractivity contribution in [3.8, 4) is 0 Å². The average molecular weight is 916 g/mol. The van der Waals surface area contributed by atoms with E-state index >= 15 is 9.18 Å². The van der Waals surface area contributed by atoms with Crippen LogP contribution in [0.15, 0.2) is 90.0 Å². The second kappa shape index (κ2) is 17.1. The summed E-state index contributed by atoms with van der Waals surface area (Å²) in [6, 6.07) is 16.8.